The smallest absolute Gasteiger partial charge is 0.305 e. The summed E-state index contributed by atoms with van der Waals surface area (Å²) in [4.78, 5) is 11.1. The number of hydrogen-bond acceptors (Lipinski definition) is 4. The topological polar surface area (TPSA) is 52.3 Å². The van der Waals surface area contributed by atoms with Gasteiger partial charge in [0.1, 0.15) is 0 Å². The first kappa shape index (κ1) is 14.8. The average Bonchev–Trinajstić information content (AvgIpc) is 2.58. The minimum Gasteiger partial charge on any atom is -0.466 e. The zero-order valence-corrected chi connectivity index (χ0v) is 11.9. The molecule has 3 nitrogen and oxygen atoms in total. The summed E-state index contributed by atoms with van der Waals surface area (Å²) in [6.45, 7) is 2.20. The van der Waals surface area contributed by atoms with E-state index in [-0.39, 0.29) is 12.0 Å². The minimum absolute atomic E-state index is 0.180. The van der Waals surface area contributed by atoms with Crippen LogP contribution in [-0.4, -0.2) is 12.6 Å². The monoisotopic (exact) mass is 295 g/mol. The fraction of sp³-hybridized carbons (Fsp3) is 0.545. The molecule has 0 bridgehead atoms. The molecule has 0 aliphatic heterocycles. The van der Waals surface area contributed by atoms with Crippen LogP contribution in [0.3, 0.4) is 0 Å². The molecule has 1 unspecified atom stereocenters. The minimum atomic E-state index is -0.186. The predicted octanol–water partition coefficient (Wildman–Crippen LogP) is 3.79. The third kappa shape index (κ3) is 4.84. The van der Waals surface area contributed by atoms with Crippen LogP contribution in [0.2, 0.25) is 8.67 Å². The van der Waals surface area contributed by atoms with Crippen molar-refractivity contribution < 1.29 is 9.53 Å². The number of halogens is 2. The molecular formula is C11H15Cl2NO2S. The Hall–Kier alpha value is -0.290. The van der Waals surface area contributed by atoms with Gasteiger partial charge >= 0.3 is 5.97 Å². The molecule has 0 saturated carbocycles. The maximum atomic E-state index is 11.1. The van der Waals surface area contributed by atoms with Crippen molar-refractivity contribution in [2.24, 2.45) is 5.73 Å². The van der Waals surface area contributed by atoms with Gasteiger partial charge in [0.2, 0.25) is 0 Å². The number of carbonyl (C=O) groups excluding carboxylic acids is 1. The summed E-state index contributed by atoms with van der Waals surface area (Å²) in [7, 11) is 0. The molecule has 0 fully saturated rings. The van der Waals surface area contributed by atoms with Gasteiger partial charge in [-0.1, -0.05) is 23.2 Å². The van der Waals surface area contributed by atoms with Crippen LogP contribution in [0.25, 0.3) is 0 Å². The van der Waals surface area contributed by atoms with Crippen molar-refractivity contribution in [2.75, 3.05) is 6.61 Å². The number of thiophene rings is 1. The van der Waals surface area contributed by atoms with Crippen LogP contribution < -0.4 is 5.73 Å². The summed E-state index contributed by atoms with van der Waals surface area (Å²) < 4.78 is 6.09. The predicted molar refractivity (Wildman–Crippen MR) is 71.8 cm³/mol. The zero-order chi connectivity index (χ0) is 12.8. The van der Waals surface area contributed by atoms with Gasteiger partial charge in [-0.2, -0.15) is 0 Å². The normalized spacial score (nSPS) is 12.5. The van der Waals surface area contributed by atoms with E-state index in [4.69, 9.17) is 33.7 Å². The molecule has 0 spiro atoms. The molecule has 2 N–H and O–H groups in total. The number of esters is 1. The fourth-order valence-electron chi connectivity index (χ4n) is 1.46. The van der Waals surface area contributed by atoms with Crippen molar-refractivity contribution in [1.82, 2.24) is 0 Å². The molecule has 1 rings (SSSR count). The number of hydrogen-bond donors (Lipinski definition) is 1. The molecule has 0 aliphatic rings. The Kier molecular flexibility index (Phi) is 6.27. The van der Waals surface area contributed by atoms with E-state index in [2.05, 4.69) is 0 Å². The lowest BCUT2D eigenvalue weighted by molar-refractivity contribution is -0.143. The summed E-state index contributed by atoms with van der Waals surface area (Å²) in [6, 6.07) is 1.60. The lowest BCUT2D eigenvalue weighted by Crippen LogP contribution is -2.11. The Labute approximate surface area is 115 Å². The van der Waals surface area contributed by atoms with Crippen LogP contribution >= 0.6 is 34.5 Å². The molecule has 0 aliphatic carbocycles. The van der Waals surface area contributed by atoms with Crippen LogP contribution in [0, 0.1) is 0 Å². The SMILES string of the molecule is CCOC(=O)CCCC(N)c1cc(Cl)sc1Cl. The van der Waals surface area contributed by atoms with Crippen LogP contribution in [0.15, 0.2) is 6.07 Å². The maximum absolute atomic E-state index is 11.1. The molecule has 0 amide bonds. The Morgan fingerprint density at radius 1 is 1.59 bits per heavy atom. The standard InChI is InChI=1S/C11H15Cl2NO2S/c1-2-16-10(15)5-3-4-8(14)7-6-9(12)17-11(7)13/h6,8H,2-5,14H2,1H3. The molecule has 96 valence electrons. The number of nitrogens with two attached hydrogens (primary N) is 1. The zero-order valence-electron chi connectivity index (χ0n) is 9.54. The van der Waals surface area contributed by atoms with Crippen molar-refractivity contribution in [3.8, 4) is 0 Å². The molecule has 0 saturated heterocycles. The number of rotatable bonds is 6. The van der Waals surface area contributed by atoms with Crippen molar-refractivity contribution in [1.29, 1.82) is 0 Å². The van der Waals surface area contributed by atoms with E-state index >= 15 is 0 Å². The van der Waals surface area contributed by atoms with Gasteiger partial charge in [-0.25, -0.2) is 0 Å². The van der Waals surface area contributed by atoms with Crippen molar-refractivity contribution >= 4 is 40.5 Å². The van der Waals surface area contributed by atoms with E-state index in [0.29, 0.717) is 34.5 Å². The van der Waals surface area contributed by atoms with Crippen molar-refractivity contribution in [2.45, 2.75) is 32.2 Å². The molecule has 17 heavy (non-hydrogen) atoms. The fourth-order valence-corrected chi connectivity index (χ4v) is 3.06. The molecule has 0 radical (unpaired) electrons. The Morgan fingerprint density at radius 3 is 2.82 bits per heavy atom. The quantitative estimate of drug-likeness (QED) is 0.813. The summed E-state index contributed by atoms with van der Waals surface area (Å²) >= 11 is 13.1. The third-order valence-corrected chi connectivity index (χ3v) is 3.80. The van der Waals surface area contributed by atoms with Gasteiger partial charge in [0.15, 0.2) is 0 Å². The number of ether oxygens (including phenoxy) is 1. The van der Waals surface area contributed by atoms with E-state index < -0.39 is 0 Å². The van der Waals surface area contributed by atoms with E-state index in [1.807, 2.05) is 0 Å². The molecule has 6 heteroatoms. The average molecular weight is 296 g/mol. The maximum Gasteiger partial charge on any atom is 0.305 e. The highest BCUT2D eigenvalue weighted by atomic mass is 35.5. The van der Waals surface area contributed by atoms with Crippen LogP contribution in [-0.2, 0) is 9.53 Å². The second-order valence-corrected chi connectivity index (χ2v) is 5.87. The Balaban J connectivity index is 2.37. The van der Waals surface area contributed by atoms with Crippen LogP contribution in [0.4, 0.5) is 0 Å². The molecular weight excluding hydrogens is 281 g/mol. The second-order valence-electron chi connectivity index (χ2n) is 3.58. The third-order valence-electron chi connectivity index (χ3n) is 2.28. The summed E-state index contributed by atoms with van der Waals surface area (Å²) in [6.07, 6.45) is 1.76. The van der Waals surface area contributed by atoms with Gasteiger partial charge in [-0.15, -0.1) is 11.3 Å². The first-order chi connectivity index (χ1) is 8.04. The van der Waals surface area contributed by atoms with Gasteiger partial charge in [0.05, 0.1) is 15.3 Å². The van der Waals surface area contributed by atoms with Gasteiger partial charge in [-0.3, -0.25) is 4.79 Å². The summed E-state index contributed by atoms with van der Waals surface area (Å²) in [5.74, 6) is -0.186. The van der Waals surface area contributed by atoms with E-state index in [1.54, 1.807) is 13.0 Å². The molecule has 1 aromatic heterocycles. The molecule has 1 heterocycles. The van der Waals surface area contributed by atoms with Gasteiger partial charge in [-0.05, 0) is 31.4 Å². The summed E-state index contributed by atoms with van der Waals surface area (Å²) in [5, 5.41) is 0. The van der Waals surface area contributed by atoms with Crippen molar-refractivity contribution in [3.63, 3.8) is 0 Å². The van der Waals surface area contributed by atoms with Crippen LogP contribution in [0.1, 0.15) is 37.8 Å². The van der Waals surface area contributed by atoms with Crippen molar-refractivity contribution in [3.05, 3.63) is 20.3 Å². The molecule has 0 aromatic carbocycles. The lowest BCUT2D eigenvalue weighted by Gasteiger charge is -2.10. The first-order valence-corrected chi connectivity index (χ1v) is 6.97. The summed E-state index contributed by atoms with van der Waals surface area (Å²) in [5.41, 5.74) is 6.83. The Bertz CT molecular complexity index is 382. The van der Waals surface area contributed by atoms with E-state index in [9.17, 15) is 4.79 Å². The lowest BCUT2D eigenvalue weighted by atomic mass is 10.1. The Morgan fingerprint density at radius 2 is 2.29 bits per heavy atom. The molecule has 1 atom stereocenters. The highest BCUT2D eigenvalue weighted by Gasteiger charge is 2.14. The largest absolute Gasteiger partial charge is 0.466 e. The highest BCUT2D eigenvalue weighted by Crippen LogP contribution is 2.35. The first-order valence-electron chi connectivity index (χ1n) is 5.40. The van der Waals surface area contributed by atoms with Crippen LogP contribution in [0.5, 0.6) is 0 Å². The molecule has 1 aromatic rings. The van der Waals surface area contributed by atoms with Gasteiger partial charge in [0.25, 0.3) is 0 Å². The number of carbonyl (C=O) groups is 1. The van der Waals surface area contributed by atoms with Gasteiger partial charge < -0.3 is 10.5 Å². The van der Waals surface area contributed by atoms with E-state index in [0.717, 1.165) is 5.56 Å². The second kappa shape index (κ2) is 7.21. The van der Waals surface area contributed by atoms with Gasteiger partial charge in [0, 0.05) is 12.5 Å². The highest BCUT2D eigenvalue weighted by molar-refractivity contribution is 7.20. The van der Waals surface area contributed by atoms with E-state index in [1.165, 1.54) is 11.3 Å².